The lowest BCUT2D eigenvalue weighted by molar-refractivity contribution is -0.132. The number of amides is 2. The molecule has 5 aromatic rings. The van der Waals surface area contributed by atoms with E-state index in [1.54, 1.807) is 61.4 Å². The van der Waals surface area contributed by atoms with Gasteiger partial charge in [0, 0.05) is 35.0 Å². The van der Waals surface area contributed by atoms with Crippen molar-refractivity contribution in [1.29, 1.82) is 0 Å². The van der Waals surface area contributed by atoms with E-state index < -0.39 is 12.0 Å². The van der Waals surface area contributed by atoms with Crippen molar-refractivity contribution in [1.82, 2.24) is 9.78 Å². The highest BCUT2D eigenvalue weighted by molar-refractivity contribution is 6.30. The summed E-state index contributed by atoms with van der Waals surface area (Å²) in [5.74, 6) is 0.898. The van der Waals surface area contributed by atoms with Crippen LogP contribution >= 0.6 is 11.6 Å². The molecule has 1 aromatic heterocycles. The number of anilines is 2. The molecule has 0 aliphatic heterocycles. The van der Waals surface area contributed by atoms with Crippen LogP contribution in [0.5, 0.6) is 17.4 Å². The van der Waals surface area contributed by atoms with E-state index >= 15 is 0 Å². The number of carbonyl (C=O) groups excluding carboxylic acids is 2. The second-order valence-corrected chi connectivity index (χ2v) is 10.5. The third-order valence-corrected chi connectivity index (χ3v) is 7.09. The molecular weight excluding hydrogens is 580 g/mol. The van der Waals surface area contributed by atoms with E-state index in [1.807, 2.05) is 56.3 Å². The van der Waals surface area contributed by atoms with Crippen LogP contribution in [0.3, 0.4) is 0 Å². The first-order chi connectivity index (χ1) is 21.2. The molecule has 0 unspecified atom stereocenters. The van der Waals surface area contributed by atoms with Gasteiger partial charge in [-0.1, -0.05) is 41.9 Å². The van der Waals surface area contributed by atoms with E-state index in [-0.39, 0.29) is 5.88 Å². The van der Waals surface area contributed by atoms with Crippen molar-refractivity contribution in [3.05, 3.63) is 101 Å². The number of urea groups is 1. The van der Waals surface area contributed by atoms with Crippen molar-refractivity contribution in [3.8, 4) is 45.5 Å². The zero-order valence-corrected chi connectivity index (χ0v) is 25.7. The Bertz CT molecular complexity index is 1850. The topological polar surface area (TPSA) is 104 Å². The molecule has 0 bridgehead atoms. The molecule has 0 spiro atoms. The van der Waals surface area contributed by atoms with E-state index in [4.69, 9.17) is 30.9 Å². The van der Waals surface area contributed by atoms with Gasteiger partial charge in [0.2, 0.25) is 5.88 Å². The average molecular weight is 611 g/mol. The van der Waals surface area contributed by atoms with Gasteiger partial charge in [0.25, 0.3) is 0 Å². The molecule has 0 saturated heterocycles. The Morgan fingerprint density at radius 1 is 0.841 bits per heavy atom. The lowest BCUT2D eigenvalue weighted by Crippen LogP contribution is -2.19. The molecular formula is C34H31ClN4O5. The molecule has 0 saturated carbocycles. The predicted octanol–water partition coefficient (Wildman–Crippen LogP) is 8.06. The van der Waals surface area contributed by atoms with Gasteiger partial charge < -0.3 is 24.8 Å². The van der Waals surface area contributed by atoms with Gasteiger partial charge in [-0.3, -0.25) is 4.79 Å². The number of benzene rings is 4. The summed E-state index contributed by atoms with van der Waals surface area (Å²) in [7, 11) is 3.15. The zero-order chi connectivity index (χ0) is 31.4. The summed E-state index contributed by atoms with van der Waals surface area (Å²) in [6.07, 6.45) is 0. The fraction of sp³-hybridized carbons (Fsp3) is 0.147. The monoisotopic (exact) mass is 610 g/mol. The van der Waals surface area contributed by atoms with Crippen LogP contribution in [0.1, 0.15) is 18.1 Å². The average Bonchev–Trinajstić information content (AvgIpc) is 3.36. The number of esters is 1. The van der Waals surface area contributed by atoms with Gasteiger partial charge in [-0.25, -0.2) is 4.79 Å². The number of rotatable bonds is 8. The van der Waals surface area contributed by atoms with Crippen LogP contribution in [0, 0.1) is 13.8 Å². The normalized spacial score (nSPS) is 10.7. The first-order valence-corrected chi connectivity index (χ1v) is 14.1. The molecule has 5 rings (SSSR count). The summed E-state index contributed by atoms with van der Waals surface area (Å²) in [5, 5.41) is 11.1. The summed E-state index contributed by atoms with van der Waals surface area (Å²) in [6.45, 7) is 5.31. The Morgan fingerprint density at radius 3 is 2.27 bits per heavy atom. The molecule has 2 amide bonds. The van der Waals surface area contributed by atoms with E-state index in [2.05, 4.69) is 10.6 Å². The van der Waals surface area contributed by atoms with E-state index in [9.17, 15) is 9.59 Å². The minimum absolute atomic E-state index is 0.249. The van der Waals surface area contributed by atoms with Crippen LogP contribution in [0.15, 0.2) is 84.9 Å². The number of hydrogen-bond acceptors (Lipinski definition) is 6. The Kier molecular flexibility index (Phi) is 8.87. The second-order valence-electron chi connectivity index (χ2n) is 10.1. The maximum absolute atomic E-state index is 12.6. The molecule has 0 aliphatic rings. The van der Waals surface area contributed by atoms with Gasteiger partial charge in [-0.15, -0.1) is 0 Å². The molecule has 44 heavy (non-hydrogen) atoms. The zero-order valence-electron chi connectivity index (χ0n) is 24.9. The van der Waals surface area contributed by atoms with Gasteiger partial charge in [-0.2, -0.15) is 9.78 Å². The van der Waals surface area contributed by atoms with Crippen LogP contribution < -0.4 is 24.8 Å². The number of aryl methyl sites for hydroxylation is 2. The molecule has 0 radical (unpaired) electrons. The number of methoxy groups -OCH3 is 2. The fourth-order valence-electron chi connectivity index (χ4n) is 4.77. The van der Waals surface area contributed by atoms with E-state index in [0.29, 0.717) is 50.3 Å². The number of nitrogens with one attached hydrogen (secondary N) is 2. The van der Waals surface area contributed by atoms with Crippen LogP contribution in [-0.2, 0) is 4.79 Å². The number of carbonyl (C=O) groups is 2. The summed E-state index contributed by atoms with van der Waals surface area (Å²) < 4.78 is 18.7. The smallest absolute Gasteiger partial charge is 0.323 e. The van der Waals surface area contributed by atoms with E-state index in [0.717, 1.165) is 16.8 Å². The summed E-state index contributed by atoms with van der Waals surface area (Å²) >= 11 is 6.03. The predicted molar refractivity (Wildman–Crippen MR) is 172 cm³/mol. The number of nitrogens with zero attached hydrogens (tertiary/aromatic N) is 2. The van der Waals surface area contributed by atoms with Gasteiger partial charge in [0.05, 0.1) is 25.5 Å². The van der Waals surface area contributed by atoms with Crippen LogP contribution in [0.4, 0.5) is 16.2 Å². The second kappa shape index (κ2) is 12.9. The number of halogens is 1. The molecule has 4 aromatic carbocycles. The van der Waals surface area contributed by atoms with Crippen LogP contribution in [0.2, 0.25) is 5.02 Å². The van der Waals surface area contributed by atoms with Gasteiger partial charge in [-0.05, 0) is 79.1 Å². The van der Waals surface area contributed by atoms with Gasteiger partial charge in [0.15, 0.2) is 0 Å². The molecule has 1 heterocycles. The third-order valence-electron chi connectivity index (χ3n) is 6.85. The highest BCUT2D eigenvalue weighted by Crippen LogP contribution is 2.45. The lowest BCUT2D eigenvalue weighted by atomic mass is 10.00. The summed E-state index contributed by atoms with van der Waals surface area (Å²) in [4.78, 5) is 25.1. The van der Waals surface area contributed by atoms with Crippen molar-refractivity contribution in [3.63, 3.8) is 0 Å². The van der Waals surface area contributed by atoms with Gasteiger partial charge >= 0.3 is 12.0 Å². The first-order valence-electron chi connectivity index (χ1n) is 13.7. The summed E-state index contributed by atoms with van der Waals surface area (Å²) in [6, 6.07) is 25.0. The van der Waals surface area contributed by atoms with Crippen molar-refractivity contribution >= 4 is 35.0 Å². The molecule has 224 valence electrons. The molecule has 0 atom stereocenters. The van der Waals surface area contributed by atoms with Gasteiger partial charge in [0.1, 0.15) is 17.2 Å². The largest absolute Gasteiger partial charge is 0.497 e. The highest BCUT2D eigenvalue weighted by Gasteiger charge is 2.27. The Balaban J connectivity index is 1.63. The number of ether oxygens (including phenoxy) is 3. The Labute approximate surface area is 260 Å². The first kappa shape index (κ1) is 30.2. The maximum atomic E-state index is 12.6. The highest BCUT2D eigenvalue weighted by atomic mass is 35.5. The molecule has 10 heteroatoms. The van der Waals surface area contributed by atoms with E-state index in [1.165, 1.54) is 6.92 Å². The maximum Gasteiger partial charge on any atom is 0.323 e. The molecule has 9 nitrogen and oxygen atoms in total. The molecule has 0 fully saturated rings. The number of aromatic nitrogens is 2. The fourth-order valence-corrected chi connectivity index (χ4v) is 4.96. The Morgan fingerprint density at radius 2 is 1.59 bits per heavy atom. The summed E-state index contributed by atoms with van der Waals surface area (Å²) in [5.41, 5.74) is 6.30. The van der Waals surface area contributed by atoms with Crippen LogP contribution in [0.25, 0.3) is 28.1 Å². The quantitative estimate of drug-likeness (QED) is 0.172. The third kappa shape index (κ3) is 6.53. The van der Waals surface area contributed by atoms with Crippen LogP contribution in [-0.4, -0.2) is 36.0 Å². The molecule has 0 aliphatic carbocycles. The minimum Gasteiger partial charge on any atom is -0.497 e. The lowest BCUT2D eigenvalue weighted by Gasteiger charge is -2.13. The van der Waals surface area contributed by atoms with Crippen molar-refractivity contribution in [2.75, 3.05) is 24.9 Å². The van der Waals surface area contributed by atoms with Crippen molar-refractivity contribution < 1.29 is 23.8 Å². The Hall–Kier alpha value is -5.28. The standard InChI is InChI=1S/C34H31ClN4O5/c1-20-9-10-21(2)29(17-20)39-33(44-22(3)40)31(32(38-39)28-16-15-27(42-4)19-30(28)43-5)23-11-13-25(14-12-23)36-34(41)37-26-8-6-7-24(35)18-26/h6-19H,1-5H3,(H2,36,37,41). The SMILES string of the molecule is COc1ccc(-c2nn(-c3cc(C)ccc3C)c(OC(C)=O)c2-c2ccc(NC(=O)Nc3cccc(Cl)c3)cc2)c(OC)c1. The minimum atomic E-state index is -0.498. The van der Waals surface area contributed by atoms with Crippen molar-refractivity contribution in [2.24, 2.45) is 0 Å². The molecule has 2 N–H and O–H groups in total. The number of hydrogen-bond donors (Lipinski definition) is 2. The van der Waals surface area contributed by atoms with Crippen molar-refractivity contribution in [2.45, 2.75) is 20.8 Å².